The van der Waals surface area contributed by atoms with Gasteiger partial charge in [-0.05, 0) is 30.2 Å². The van der Waals surface area contributed by atoms with E-state index in [1.807, 2.05) is 31.2 Å². The van der Waals surface area contributed by atoms with E-state index in [0.717, 1.165) is 23.3 Å². The van der Waals surface area contributed by atoms with Gasteiger partial charge in [0.1, 0.15) is 29.5 Å². The Morgan fingerprint density at radius 2 is 1.88 bits per heavy atom. The number of nitrogens with zero attached hydrogens (tertiary/aromatic N) is 2. The largest absolute Gasteiger partial charge is 0.347 e. The molecule has 3 rings (SSSR count). The van der Waals surface area contributed by atoms with Crippen molar-refractivity contribution in [2.75, 3.05) is 5.32 Å². The number of rotatable bonds is 5. The topological polar surface area (TPSA) is 66.9 Å². The highest BCUT2D eigenvalue weighted by Gasteiger charge is 2.11. The molecule has 26 heavy (non-hydrogen) atoms. The van der Waals surface area contributed by atoms with Crippen molar-refractivity contribution < 1.29 is 13.6 Å². The second-order valence-electron chi connectivity index (χ2n) is 5.65. The number of benzene rings is 2. The second-order valence-corrected chi connectivity index (χ2v) is 5.65. The Morgan fingerprint density at radius 3 is 2.65 bits per heavy atom. The Morgan fingerprint density at radius 1 is 1.08 bits per heavy atom. The molecular formula is C19H16F2N4O. The molecule has 0 fully saturated rings. The zero-order chi connectivity index (χ0) is 18.5. The zero-order valence-corrected chi connectivity index (χ0v) is 14.0. The number of halogens is 2. The van der Waals surface area contributed by atoms with Gasteiger partial charge in [-0.25, -0.2) is 18.7 Å². The minimum atomic E-state index is -0.755. The van der Waals surface area contributed by atoms with Crippen molar-refractivity contribution in [1.82, 2.24) is 15.3 Å². The van der Waals surface area contributed by atoms with Gasteiger partial charge < -0.3 is 10.6 Å². The fourth-order valence-corrected chi connectivity index (χ4v) is 2.35. The van der Waals surface area contributed by atoms with Crippen LogP contribution in [-0.2, 0) is 6.54 Å². The molecule has 2 aromatic carbocycles. The van der Waals surface area contributed by atoms with E-state index < -0.39 is 11.6 Å². The third-order valence-corrected chi connectivity index (χ3v) is 3.79. The monoisotopic (exact) mass is 354 g/mol. The second kappa shape index (κ2) is 7.69. The van der Waals surface area contributed by atoms with E-state index in [-0.39, 0.29) is 23.1 Å². The minimum Gasteiger partial charge on any atom is -0.347 e. The number of anilines is 2. The summed E-state index contributed by atoms with van der Waals surface area (Å²) in [5, 5.41) is 5.49. The van der Waals surface area contributed by atoms with Crippen LogP contribution in [0.4, 0.5) is 20.3 Å². The van der Waals surface area contributed by atoms with Crippen molar-refractivity contribution in [2.24, 2.45) is 0 Å². The maximum absolute atomic E-state index is 13.7. The van der Waals surface area contributed by atoms with Gasteiger partial charge in [-0.1, -0.05) is 24.3 Å². The van der Waals surface area contributed by atoms with Crippen LogP contribution < -0.4 is 10.6 Å². The lowest BCUT2D eigenvalue weighted by Crippen LogP contribution is -2.24. The molecule has 5 nitrogen and oxygen atoms in total. The number of carbonyl (C=O) groups excluding carboxylic acids is 1. The maximum Gasteiger partial charge on any atom is 0.270 e. The van der Waals surface area contributed by atoms with Crippen LogP contribution >= 0.6 is 0 Å². The van der Waals surface area contributed by atoms with Gasteiger partial charge in [0.2, 0.25) is 0 Å². The van der Waals surface area contributed by atoms with E-state index >= 15 is 0 Å². The number of amides is 1. The number of carbonyl (C=O) groups is 1. The molecule has 3 aromatic rings. The van der Waals surface area contributed by atoms with E-state index in [0.29, 0.717) is 6.54 Å². The Bertz CT molecular complexity index is 946. The average Bonchev–Trinajstić information content (AvgIpc) is 2.63. The summed E-state index contributed by atoms with van der Waals surface area (Å²) in [4.78, 5) is 20.2. The molecule has 7 heteroatoms. The number of aromatic nitrogens is 2. The normalized spacial score (nSPS) is 10.4. The molecule has 0 atom stereocenters. The van der Waals surface area contributed by atoms with E-state index in [9.17, 15) is 13.6 Å². The summed E-state index contributed by atoms with van der Waals surface area (Å²) in [6.45, 7) is 2.33. The smallest absolute Gasteiger partial charge is 0.270 e. The molecule has 2 N–H and O–H groups in total. The summed E-state index contributed by atoms with van der Waals surface area (Å²) in [5.41, 5.74) is 2.27. The predicted molar refractivity (Wildman–Crippen MR) is 94.0 cm³/mol. The quantitative estimate of drug-likeness (QED) is 0.733. The number of hydrogen-bond donors (Lipinski definition) is 2. The lowest BCUT2D eigenvalue weighted by molar-refractivity contribution is 0.0945. The molecular weight excluding hydrogens is 338 g/mol. The van der Waals surface area contributed by atoms with Crippen LogP contribution in [-0.4, -0.2) is 15.9 Å². The first-order valence-corrected chi connectivity index (χ1v) is 7.90. The molecule has 0 radical (unpaired) electrons. The summed E-state index contributed by atoms with van der Waals surface area (Å²) in [6.07, 6.45) is 1.20. The first-order chi connectivity index (χ1) is 12.5. The minimum absolute atomic E-state index is 0.0522. The average molecular weight is 354 g/mol. The summed E-state index contributed by atoms with van der Waals surface area (Å²) in [7, 11) is 0. The molecule has 1 aromatic heterocycles. The van der Waals surface area contributed by atoms with E-state index in [1.54, 1.807) is 0 Å². The maximum atomic E-state index is 13.7. The van der Waals surface area contributed by atoms with Gasteiger partial charge in [-0.2, -0.15) is 0 Å². The Kier molecular flexibility index (Phi) is 5.17. The van der Waals surface area contributed by atoms with Crippen molar-refractivity contribution in [3.63, 3.8) is 0 Å². The molecule has 0 unspecified atom stereocenters. The first-order valence-electron chi connectivity index (χ1n) is 7.90. The lowest BCUT2D eigenvalue weighted by atomic mass is 10.1. The van der Waals surface area contributed by atoms with E-state index in [4.69, 9.17) is 0 Å². The summed E-state index contributed by atoms with van der Waals surface area (Å²) in [6, 6.07) is 12.3. The predicted octanol–water partition coefficient (Wildman–Crippen LogP) is 3.74. The SMILES string of the molecule is Cc1ccccc1CNC(=O)c1cc(Nc2ccc(F)cc2F)ncn1. The number of hydrogen-bond acceptors (Lipinski definition) is 4. The molecule has 1 heterocycles. The molecule has 132 valence electrons. The standard InChI is InChI=1S/C19H16F2N4O/c1-12-4-2-3-5-13(12)10-22-19(26)17-9-18(24-11-23-17)25-16-7-6-14(20)8-15(16)21/h2-9,11H,10H2,1H3,(H,22,26)(H,23,24,25). The third-order valence-electron chi connectivity index (χ3n) is 3.79. The Balaban J connectivity index is 1.70. The summed E-state index contributed by atoms with van der Waals surface area (Å²) >= 11 is 0. The highest BCUT2D eigenvalue weighted by molar-refractivity contribution is 5.92. The highest BCUT2D eigenvalue weighted by atomic mass is 19.1. The van der Waals surface area contributed by atoms with Crippen molar-refractivity contribution in [3.05, 3.63) is 83.3 Å². The van der Waals surface area contributed by atoms with E-state index in [1.165, 1.54) is 18.5 Å². The number of aryl methyl sites for hydroxylation is 1. The van der Waals surface area contributed by atoms with Crippen LogP contribution in [0.3, 0.4) is 0 Å². The Labute approximate surface area is 149 Å². The van der Waals surface area contributed by atoms with Crippen LogP contribution in [0.2, 0.25) is 0 Å². The van der Waals surface area contributed by atoms with Gasteiger partial charge in [0.15, 0.2) is 0 Å². The van der Waals surface area contributed by atoms with E-state index in [2.05, 4.69) is 20.6 Å². The zero-order valence-electron chi connectivity index (χ0n) is 14.0. The van der Waals surface area contributed by atoms with Gasteiger partial charge in [0, 0.05) is 18.7 Å². The van der Waals surface area contributed by atoms with Crippen molar-refractivity contribution in [1.29, 1.82) is 0 Å². The molecule has 0 aliphatic carbocycles. The van der Waals surface area contributed by atoms with Crippen molar-refractivity contribution in [2.45, 2.75) is 13.5 Å². The molecule has 0 spiro atoms. The van der Waals surface area contributed by atoms with Gasteiger partial charge in [-0.3, -0.25) is 4.79 Å². The fraction of sp³-hybridized carbons (Fsp3) is 0.105. The van der Waals surface area contributed by atoms with Gasteiger partial charge in [0.25, 0.3) is 5.91 Å². The van der Waals surface area contributed by atoms with Crippen LogP contribution in [0.1, 0.15) is 21.6 Å². The molecule has 1 amide bonds. The van der Waals surface area contributed by atoms with Crippen molar-refractivity contribution >= 4 is 17.4 Å². The molecule has 0 bridgehead atoms. The highest BCUT2D eigenvalue weighted by Crippen LogP contribution is 2.19. The molecule has 0 aliphatic rings. The summed E-state index contributed by atoms with van der Waals surface area (Å²) < 4.78 is 26.7. The van der Waals surface area contributed by atoms with Crippen LogP contribution in [0.25, 0.3) is 0 Å². The number of nitrogens with one attached hydrogen (secondary N) is 2. The summed E-state index contributed by atoms with van der Waals surface area (Å²) in [5.74, 6) is -1.58. The van der Waals surface area contributed by atoms with Gasteiger partial charge in [0.05, 0.1) is 5.69 Å². The molecule has 0 saturated carbocycles. The van der Waals surface area contributed by atoms with Crippen LogP contribution in [0.15, 0.2) is 54.9 Å². The van der Waals surface area contributed by atoms with Gasteiger partial charge in [-0.15, -0.1) is 0 Å². The Hall–Kier alpha value is -3.35. The van der Waals surface area contributed by atoms with Gasteiger partial charge >= 0.3 is 0 Å². The fourth-order valence-electron chi connectivity index (χ4n) is 2.35. The van der Waals surface area contributed by atoms with Crippen LogP contribution in [0.5, 0.6) is 0 Å². The van der Waals surface area contributed by atoms with Crippen molar-refractivity contribution in [3.8, 4) is 0 Å². The molecule has 0 saturated heterocycles. The third kappa shape index (κ3) is 4.18. The molecule has 0 aliphatic heterocycles. The van der Waals surface area contributed by atoms with Crippen LogP contribution in [0, 0.1) is 18.6 Å². The lowest BCUT2D eigenvalue weighted by Gasteiger charge is -2.09. The first kappa shape index (κ1) is 17.5.